The smallest absolute Gasteiger partial charge is 0.226 e. The Labute approximate surface area is 147 Å². The van der Waals surface area contributed by atoms with Crippen molar-refractivity contribution in [3.63, 3.8) is 0 Å². The molecule has 0 bridgehead atoms. The lowest BCUT2D eigenvalue weighted by Gasteiger charge is -2.34. The number of carbonyl (C=O) groups excluding carboxylic acids is 1. The van der Waals surface area contributed by atoms with Crippen LogP contribution in [0.1, 0.15) is 31.1 Å². The van der Waals surface area contributed by atoms with Crippen molar-refractivity contribution in [3.8, 4) is 6.07 Å². The van der Waals surface area contributed by atoms with Crippen molar-refractivity contribution in [2.24, 2.45) is 5.92 Å². The van der Waals surface area contributed by atoms with Gasteiger partial charge in [0.05, 0.1) is 18.4 Å². The van der Waals surface area contributed by atoms with Gasteiger partial charge in [0.2, 0.25) is 5.91 Å². The van der Waals surface area contributed by atoms with Crippen LogP contribution in [0, 0.1) is 17.2 Å². The topological polar surface area (TPSA) is 73.4 Å². The molecule has 0 radical (unpaired) electrons. The van der Waals surface area contributed by atoms with E-state index in [0.717, 1.165) is 37.5 Å². The molecule has 1 aliphatic rings. The van der Waals surface area contributed by atoms with Gasteiger partial charge in [-0.15, -0.1) is 0 Å². The van der Waals surface area contributed by atoms with Gasteiger partial charge in [-0.3, -0.25) is 4.79 Å². The number of furan rings is 1. The SMILES string of the molecule is CCN(Cc1ccco1)C(=O)C1CCN(c2ccc(C#N)cn2)CC1. The van der Waals surface area contributed by atoms with Crippen LogP contribution in [-0.4, -0.2) is 35.4 Å². The highest BCUT2D eigenvalue weighted by atomic mass is 16.3. The summed E-state index contributed by atoms with van der Waals surface area (Å²) in [7, 11) is 0. The third kappa shape index (κ3) is 4.00. The molecule has 2 aromatic heterocycles. The Bertz CT molecular complexity index is 726. The number of anilines is 1. The maximum atomic E-state index is 12.8. The second-order valence-electron chi connectivity index (χ2n) is 6.21. The first kappa shape index (κ1) is 17.0. The first-order valence-electron chi connectivity index (χ1n) is 8.63. The zero-order chi connectivity index (χ0) is 17.6. The summed E-state index contributed by atoms with van der Waals surface area (Å²) in [5, 5.41) is 8.85. The van der Waals surface area contributed by atoms with E-state index < -0.39 is 0 Å². The number of nitrogens with zero attached hydrogens (tertiary/aromatic N) is 4. The van der Waals surface area contributed by atoms with E-state index in [1.807, 2.05) is 30.0 Å². The van der Waals surface area contributed by atoms with E-state index in [1.165, 1.54) is 0 Å². The van der Waals surface area contributed by atoms with E-state index in [4.69, 9.17) is 9.68 Å². The van der Waals surface area contributed by atoms with Crippen molar-refractivity contribution < 1.29 is 9.21 Å². The minimum Gasteiger partial charge on any atom is -0.467 e. The predicted molar refractivity (Wildman–Crippen MR) is 93.7 cm³/mol. The van der Waals surface area contributed by atoms with Crippen LogP contribution < -0.4 is 4.90 Å². The molecule has 6 nitrogen and oxygen atoms in total. The van der Waals surface area contributed by atoms with Gasteiger partial charge < -0.3 is 14.2 Å². The Morgan fingerprint density at radius 3 is 2.76 bits per heavy atom. The van der Waals surface area contributed by atoms with Gasteiger partial charge in [-0.25, -0.2) is 4.98 Å². The fourth-order valence-electron chi connectivity index (χ4n) is 3.19. The average molecular weight is 338 g/mol. The Kier molecular flexibility index (Phi) is 5.34. The second-order valence-corrected chi connectivity index (χ2v) is 6.21. The van der Waals surface area contributed by atoms with Crippen LogP contribution in [0.5, 0.6) is 0 Å². The molecule has 3 rings (SSSR count). The number of pyridine rings is 1. The molecule has 0 aromatic carbocycles. The molecule has 1 fully saturated rings. The highest BCUT2D eigenvalue weighted by Gasteiger charge is 2.28. The quantitative estimate of drug-likeness (QED) is 0.838. The Hall–Kier alpha value is -2.81. The number of carbonyl (C=O) groups is 1. The van der Waals surface area contributed by atoms with Gasteiger partial charge in [0, 0.05) is 31.7 Å². The van der Waals surface area contributed by atoms with Crippen molar-refractivity contribution in [2.75, 3.05) is 24.5 Å². The van der Waals surface area contributed by atoms with E-state index in [1.54, 1.807) is 18.5 Å². The number of rotatable bonds is 5. The minimum absolute atomic E-state index is 0.0459. The van der Waals surface area contributed by atoms with Crippen LogP contribution in [0.15, 0.2) is 41.1 Å². The first-order valence-corrected chi connectivity index (χ1v) is 8.63. The molecule has 0 unspecified atom stereocenters. The summed E-state index contributed by atoms with van der Waals surface area (Å²) in [5.41, 5.74) is 0.560. The summed E-state index contributed by atoms with van der Waals surface area (Å²) < 4.78 is 5.36. The van der Waals surface area contributed by atoms with Crippen LogP contribution in [0.2, 0.25) is 0 Å². The monoisotopic (exact) mass is 338 g/mol. The van der Waals surface area contributed by atoms with Gasteiger partial charge >= 0.3 is 0 Å². The molecule has 0 N–H and O–H groups in total. The summed E-state index contributed by atoms with van der Waals surface area (Å²) in [6.45, 7) is 4.80. The lowest BCUT2D eigenvalue weighted by Crippen LogP contribution is -2.42. The van der Waals surface area contributed by atoms with E-state index >= 15 is 0 Å². The maximum Gasteiger partial charge on any atom is 0.226 e. The zero-order valence-electron chi connectivity index (χ0n) is 14.4. The van der Waals surface area contributed by atoms with Crippen LogP contribution in [0.25, 0.3) is 0 Å². The van der Waals surface area contributed by atoms with Gasteiger partial charge in [0.1, 0.15) is 17.6 Å². The third-order valence-electron chi connectivity index (χ3n) is 4.67. The van der Waals surface area contributed by atoms with Crippen LogP contribution in [0.3, 0.4) is 0 Å². The minimum atomic E-state index is 0.0459. The van der Waals surface area contributed by atoms with Crippen molar-refractivity contribution in [1.82, 2.24) is 9.88 Å². The van der Waals surface area contributed by atoms with Gasteiger partial charge in [-0.1, -0.05) is 0 Å². The third-order valence-corrected chi connectivity index (χ3v) is 4.67. The number of hydrogen-bond acceptors (Lipinski definition) is 5. The molecular formula is C19H22N4O2. The van der Waals surface area contributed by atoms with Crippen molar-refractivity contribution in [2.45, 2.75) is 26.3 Å². The number of amides is 1. The number of nitriles is 1. The molecule has 1 amide bonds. The standard InChI is InChI=1S/C19H22N4O2/c1-2-22(14-17-4-3-11-25-17)19(24)16-7-9-23(10-8-16)18-6-5-15(12-20)13-21-18/h3-6,11,13,16H,2,7-10,14H2,1H3. The molecule has 6 heteroatoms. The Balaban J connectivity index is 1.57. The molecule has 0 saturated carbocycles. The lowest BCUT2D eigenvalue weighted by molar-refractivity contribution is -0.136. The molecule has 1 saturated heterocycles. The molecule has 130 valence electrons. The highest BCUT2D eigenvalue weighted by Crippen LogP contribution is 2.24. The van der Waals surface area contributed by atoms with E-state index in [2.05, 4.69) is 16.0 Å². The van der Waals surface area contributed by atoms with Crippen molar-refractivity contribution in [1.29, 1.82) is 5.26 Å². The largest absolute Gasteiger partial charge is 0.467 e. The number of aromatic nitrogens is 1. The van der Waals surface area contributed by atoms with Gasteiger partial charge in [-0.05, 0) is 44.0 Å². The summed E-state index contributed by atoms with van der Waals surface area (Å²) in [4.78, 5) is 21.2. The first-order chi connectivity index (χ1) is 12.2. The Morgan fingerprint density at radius 1 is 1.40 bits per heavy atom. The van der Waals surface area contributed by atoms with Crippen molar-refractivity contribution in [3.05, 3.63) is 48.0 Å². The summed E-state index contributed by atoms with van der Waals surface area (Å²) >= 11 is 0. The maximum absolute atomic E-state index is 12.8. The van der Waals surface area contributed by atoms with Crippen LogP contribution in [-0.2, 0) is 11.3 Å². The van der Waals surface area contributed by atoms with Gasteiger partial charge in [-0.2, -0.15) is 5.26 Å². The molecular weight excluding hydrogens is 316 g/mol. The molecule has 0 spiro atoms. The molecule has 0 atom stereocenters. The van der Waals surface area contributed by atoms with Crippen molar-refractivity contribution >= 4 is 11.7 Å². The Morgan fingerprint density at radius 2 is 2.20 bits per heavy atom. The van der Waals surface area contributed by atoms with Gasteiger partial charge in [0.15, 0.2) is 0 Å². The van der Waals surface area contributed by atoms with E-state index in [0.29, 0.717) is 18.7 Å². The highest BCUT2D eigenvalue weighted by molar-refractivity contribution is 5.79. The van der Waals surface area contributed by atoms with Crippen LogP contribution >= 0.6 is 0 Å². The molecule has 3 heterocycles. The van der Waals surface area contributed by atoms with Gasteiger partial charge in [0.25, 0.3) is 0 Å². The summed E-state index contributed by atoms with van der Waals surface area (Å²) in [6, 6.07) is 9.47. The summed E-state index contributed by atoms with van der Waals surface area (Å²) in [5.74, 6) is 1.93. The zero-order valence-corrected chi connectivity index (χ0v) is 14.4. The summed E-state index contributed by atoms with van der Waals surface area (Å²) in [6.07, 6.45) is 4.86. The fourth-order valence-corrected chi connectivity index (χ4v) is 3.19. The number of piperidine rings is 1. The lowest BCUT2D eigenvalue weighted by atomic mass is 9.95. The normalized spacial score (nSPS) is 15.0. The second kappa shape index (κ2) is 7.84. The molecule has 2 aromatic rings. The van der Waals surface area contributed by atoms with E-state index in [9.17, 15) is 4.79 Å². The predicted octanol–water partition coefficient (Wildman–Crippen LogP) is 2.81. The fraction of sp³-hybridized carbons (Fsp3) is 0.421. The molecule has 1 aliphatic heterocycles. The van der Waals surface area contributed by atoms with Crippen LogP contribution in [0.4, 0.5) is 5.82 Å². The number of hydrogen-bond donors (Lipinski definition) is 0. The van der Waals surface area contributed by atoms with E-state index in [-0.39, 0.29) is 11.8 Å². The molecule has 0 aliphatic carbocycles. The average Bonchev–Trinajstić information content (AvgIpc) is 3.19. The molecule has 25 heavy (non-hydrogen) atoms.